The number of allylic oxidation sites excluding steroid dienone is 1. The number of hydrogen-bond acceptors (Lipinski definition) is 3. The summed E-state index contributed by atoms with van der Waals surface area (Å²) in [7, 11) is 1.97. The van der Waals surface area contributed by atoms with Crippen molar-refractivity contribution in [3.63, 3.8) is 0 Å². The molecule has 21 heavy (non-hydrogen) atoms. The van der Waals surface area contributed by atoms with E-state index in [4.69, 9.17) is 0 Å². The van der Waals surface area contributed by atoms with Gasteiger partial charge in [0.1, 0.15) is 0 Å². The highest BCUT2D eigenvalue weighted by Crippen LogP contribution is 2.25. The maximum Gasteiger partial charge on any atom is 0.234 e. The van der Waals surface area contributed by atoms with Gasteiger partial charge in [-0.05, 0) is 57.9 Å². The van der Waals surface area contributed by atoms with Gasteiger partial charge in [0.15, 0.2) is 0 Å². The predicted octanol–water partition coefficient (Wildman–Crippen LogP) is 2.09. The van der Waals surface area contributed by atoms with Crippen molar-refractivity contribution in [1.29, 1.82) is 0 Å². The van der Waals surface area contributed by atoms with Crippen LogP contribution in [0.2, 0.25) is 0 Å². The Morgan fingerprint density at radius 3 is 2.90 bits per heavy atom. The molecular weight excluding hydrogens is 264 g/mol. The van der Waals surface area contributed by atoms with Gasteiger partial charge in [-0.3, -0.25) is 9.69 Å². The molecule has 2 atom stereocenters. The van der Waals surface area contributed by atoms with Crippen LogP contribution in [0.5, 0.6) is 0 Å². The molecule has 0 spiro atoms. The number of amides is 1. The average molecular weight is 294 g/mol. The molecule has 2 aliphatic carbocycles. The summed E-state index contributed by atoms with van der Waals surface area (Å²) in [5.41, 5.74) is 1.50. The molecule has 1 amide bonds. The second kappa shape index (κ2) is 8.54. The molecule has 2 N–H and O–H groups in total. The first kappa shape index (κ1) is 16.5. The molecule has 0 radical (unpaired) electrons. The van der Waals surface area contributed by atoms with Gasteiger partial charge in [-0.15, -0.1) is 0 Å². The number of rotatable bonds is 7. The molecule has 0 bridgehead atoms. The molecule has 2 rings (SSSR count). The van der Waals surface area contributed by atoms with Crippen LogP contribution in [0.15, 0.2) is 11.6 Å². The van der Waals surface area contributed by atoms with E-state index >= 15 is 0 Å². The van der Waals surface area contributed by atoms with Crippen LogP contribution in [0.1, 0.15) is 51.4 Å². The SMILES string of the molecule is CN(CC(=O)NCCC1=CCCCC1)CC1CCCC1O. The molecule has 4 heteroatoms. The minimum Gasteiger partial charge on any atom is -0.393 e. The van der Waals surface area contributed by atoms with Crippen LogP contribution in [0, 0.1) is 5.92 Å². The number of aliphatic hydroxyl groups excluding tert-OH is 1. The number of likely N-dealkylation sites (N-methyl/N-ethyl adjacent to an activating group) is 1. The minimum absolute atomic E-state index is 0.0985. The molecule has 120 valence electrons. The minimum atomic E-state index is -0.172. The second-order valence-electron chi connectivity index (χ2n) is 6.66. The van der Waals surface area contributed by atoms with E-state index in [1.807, 2.05) is 11.9 Å². The number of carbonyl (C=O) groups is 1. The van der Waals surface area contributed by atoms with E-state index in [9.17, 15) is 9.90 Å². The van der Waals surface area contributed by atoms with Crippen molar-refractivity contribution in [1.82, 2.24) is 10.2 Å². The van der Waals surface area contributed by atoms with E-state index in [0.29, 0.717) is 12.5 Å². The Hall–Kier alpha value is -0.870. The highest BCUT2D eigenvalue weighted by Gasteiger charge is 2.26. The number of aliphatic hydroxyl groups is 1. The molecular formula is C17H30N2O2. The van der Waals surface area contributed by atoms with Crippen molar-refractivity contribution in [2.75, 3.05) is 26.7 Å². The lowest BCUT2D eigenvalue weighted by atomic mass is 9.97. The molecule has 0 aliphatic heterocycles. The van der Waals surface area contributed by atoms with Gasteiger partial charge in [0, 0.05) is 13.1 Å². The normalized spacial score (nSPS) is 26.0. The van der Waals surface area contributed by atoms with Gasteiger partial charge >= 0.3 is 0 Å². The topological polar surface area (TPSA) is 52.6 Å². The summed E-state index contributed by atoms with van der Waals surface area (Å²) >= 11 is 0. The Labute approximate surface area is 128 Å². The first-order chi connectivity index (χ1) is 10.1. The van der Waals surface area contributed by atoms with Crippen molar-refractivity contribution in [2.45, 2.75) is 57.5 Å². The third-order valence-corrected chi connectivity index (χ3v) is 4.73. The Morgan fingerprint density at radius 1 is 1.38 bits per heavy atom. The average Bonchev–Trinajstić information content (AvgIpc) is 2.85. The van der Waals surface area contributed by atoms with Gasteiger partial charge < -0.3 is 10.4 Å². The number of carbonyl (C=O) groups excluding carboxylic acids is 1. The lowest BCUT2D eigenvalue weighted by Crippen LogP contribution is -2.39. The quantitative estimate of drug-likeness (QED) is 0.707. The zero-order chi connectivity index (χ0) is 15.1. The Balaban J connectivity index is 1.58. The van der Waals surface area contributed by atoms with E-state index in [2.05, 4.69) is 11.4 Å². The summed E-state index contributed by atoms with van der Waals surface area (Å²) in [6, 6.07) is 0. The van der Waals surface area contributed by atoms with E-state index in [0.717, 1.165) is 38.8 Å². The van der Waals surface area contributed by atoms with E-state index in [1.165, 1.54) is 31.3 Å². The molecule has 0 aromatic rings. The number of nitrogens with zero attached hydrogens (tertiary/aromatic N) is 1. The summed E-state index contributed by atoms with van der Waals surface area (Å²) in [4.78, 5) is 14.0. The van der Waals surface area contributed by atoms with E-state index in [1.54, 1.807) is 0 Å². The van der Waals surface area contributed by atoms with E-state index in [-0.39, 0.29) is 12.0 Å². The van der Waals surface area contributed by atoms with Crippen molar-refractivity contribution in [3.05, 3.63) is 11.6 Å². The van der Waals surface area contributed by atoms with Crippen LogP contribution >= 0.6 is 0 Å². The van der Waals surface area contributed by atoms with Crippen molar-refractivity contribution < 1.29 is 9.90 Å². The fourth-order valence-corrected chi connectivity index (χ4v) is 3.49. The second-order valence-corrected chi connectivity index (χ2v) is 6.66. The van der Waals surface area contributed by atoms with Gasteiger partial charge in [-0.25, -0.2) is 0 Å². The number of hydrogen-bond donors (Lipinski definition) is 2. The predicted molar refractivity (Wildman–Crippen MR) is 85.0 cm³/mol. The van der Waals surface area contributed by atoms with Crippen LogP contribution in [0.3, 0.4) is 0 Å². The van der Waals surface area contributed by atoms with Crippen molar-refractivity contribution >= 4 is 5.91 Å². The molecule has 0 aromatic carbocycles. The Kier molecular flexibility index (Phi) is 6.71. The summed E-state index contributed by atoms with van der Waals surface area (Å²) in [6.45, 7) is 2.01. The summed E-state index contributed by atoms with van der Waals surface area (Å²) in [6.07, 6.45) is 11.3. The van der Waals surface area contributed by atoms with Crippen molar-refractivity contribution in [3.8, 4) is 0 Å². The van der Waals surface area contributed by atoms with Gasteiger partial charge in [0.2, 0.25) is 5.91 Å². The Morgan fingerprint density at radius 2 is 2.24 bits per heavy atom. The third kappa shape index (κ3) is 5.79. The fraction of sp³-hybridized carbons (Fsp3) is 0.824. The molecule has 4 nitrogen and oxygen atoms in total. The molecule has 1 fully saturated rings. The van der Waals surface area contributed by atoms with Crippen LogP contribution in [-0.2, 0) is 4.79 Å². The summed E-state index contributed by atoms with van der Waals surface area (Å²) < 4.78 is 0. The molecule has 0 aromatic heterocycles. The van der Waals surface area contributed by atoms with Crippen LogP contribution in [0.25, 0.3) is 0 Å². The smallest absolute Gasteiger partial charge is 0.234 e. The third-order valence-electron chi connectivity index (χ3n) is 4.73. The van der Waals surface area contributed by atoms with Gasteiger partial charge in [0.05, 0.1) is 12.6 Å². The van der Waals surface area contributed by atoms with Gasteiger partial charge in [0.25, 0.3) is 0 Å². The maximum absolute atomic E-state index is 11.9. The first-order valence-electron chi connectivity index (χ1n) is 8.46. The molecule has 2 unspecified atom stereocenters. The summed E-state index contributed by atoms with van der Waals surface area (Å²) in [5.74, 6) is 0.441. The largest absolute Gasteiger partial charge is 0.393 e. The lowest BCUT2D eigenvalue weighted by molar-refractivity contribution is -0.122. The lowest BCUT2D eigenvalue weighted by Gasteiger charge is -2.22. The van der Waals surface area contributed by atoms with Gasteiger partial charge in [-0.1, -0.05) is 18.1 Å². The molecule has 2 aliphatic rings. The molecule has 1 saturated carbocycles. The molecule has 0 heterocycles. The number of nitrogens with one attached hydrogen (secondary N) is 1. The van der Waals surface area contributed by atoms with E-state index < -0.39 is 0 Å². The first-order valence-corrected chi connectivity index (χ1v) is 8.46. The van der Waals surface area contributed by atoms with Crippen LogP contribution < -0.4 is 5.32 Å². The molecule has 0 saturated heterocycles. The zero-order valence-corrected chi connectivity index (χ0v) is 13.3. The van der Waals surface area contributed by atoms with Gasteiger partial charge in [-0.2, -0.15) is 0 Å². The van der Waals surface area contributed by atoms with Crippen LogP contribution in [-0.4, -0.2) is 48.7 Å². The highest BCUT2D eigenvalue weighted by atomic mass is 16.3. The van der Waals surface area contributed by atoms with Crippen LogP contribution in [0.4, 0.5) is 0 Å². The summed E-state index contributed by atoms with van der Waals surface area (Å²) in [5, 5.41) is 12.8. The zero-order valence-electron chi connectivity index (χ0n) is 13.3. The fourth-order valence-electron chi connectivity index (χ4n) is 3.49. The van der Waals surface area contributed by atoms with Crippen molar-refractivity contribution in [2.24, 2.45) is 5.92 Å². The Bertz CT molecular complexity index is 368. The monoisotopic (exact) mass is 294 g/mol. The maximum atomic E-state index is 11.9. The highest BCUT2D eigenvalue weighted by molar-refractivity contribution is 5.77. The standard InChI is InChI=1S/C17H30N2O2/c1-19(12-15-8-5-9-16(15)20)13-17(21)18-11-10-14-6-3-2-4-7-14/h6,15-16,20H,2-5,7-13H2,1H3,(H,18,21).